The monoisotopic (exact) mass is 168 g/mol. The Morgan fingerprint density at radius 1 is 1.58 bits per heavy atom. The highest BCUT2D eigenvalue weighted by molar-refractivity contribution is 5.69. The van der Waals surface area contributed by atoms with E-state index in [0.717, 1.165) is 11.4 Å². The summed E-state index contributed by atoms with van der Waals surface area (Å²) in [6.07, 6.45) is -0.00875. The van der Waals surface area contributed by atoms with Gasteiger partial charge in [0.15, 0.2) is 0 Å². The second-order valence-corrected chi connectivity index (χ2v) is 2.83. The number of aromatic nitrogens is 2. The van der Waals surface area contributed by atoms with Gasteiger partial charge >= 0.3 is 5.97 Å². The number of carboxylic acids is 1. The predicted molar refractivity (Wildman–Crippen MR) is 44.0 cm³/mol. The van der Waals surface area contributed by atoms with E-state index in [1.54, 1.807) is 0 Å². The number of rotatable bonds is 2. The molecule has 0 bridgehead atoms. The molecule has 0 atom stereocenters. The first kappa shape index (κ1) is 8.77. The maximum atomic E-state index is 10.4. The molecule has 1 aromatic rings. The Balaban J connectivity index is 3.01. The van der Waals surface area contributed by atoms with Gasteiger partial charge in [-0.15, -0.1) is 0 Å². The molecule has 1 N–H and O–H groups in total. The molecular formula is C8H12N2O2. The highest BCUT2D eigenvalue weighted by atomic mass is 16.4. The average molecular weight is 168 g/mol. The van der Waals surface area contributed by atoms with Gasteiger partial charge in [-0.25, -0.2) is 4.98 Å². The maximum absolute atomic E-state index is 10.4. The third-order valence-electron chi connectivity index (χ3n) is 2.02. The van der Waals surface area contributed by atoms with E-state index < -0.39 is 5.97 Å². The number of imidazole rings is 1. The highest BCUT2D eigenvalue weighted by Crippen LogP contribution is 2.07. The van der Waals surface area contributed by atoms with Crippen molar-refractivity contribution in [3.8, 4) is 0 Å². The van der Waals surface area contributed by atoms with Crippen molar-refractivity contribution in [2.45, 2.75) is 20.3 Å². The highest BCUT2D eigenvalue weighted by Gasteiger charge is 2.10. The van der Waals surface area contributed by atoms with E-state index in [1.165, 1.54) is 0 Å². The lowest BCUT2D eigenvalue weighted by Gasteiger charge is -1.98. The van der Waals surface area contributed by atoms with Gasteiger partial charge in [-0.1, -0.05) is 0 Å². The van der Waals surface area contributed by atoms with Crippen LogP contribution in [-0.4, -0.2) is 20.6 Å². The van der Waals surface area contributed by atoms with Gasteiger partial charge in [-0.3, -0.25) is 4.79 Å². The molecular weight excluding hydrogens is 156 g/mol. The molecule has 0 fully saturated rings. The summed E-state index contributed by atoms with van der Waals surface area (Å²) in [5.41, 5.74) is 1.92. The van der Waals surface area contributed by atoms with Crippen LogP contribution in [0.3, 0.4) is 0 Å². The van der Waals surface area contributed by atoms with Crippen molar-refractivity contribution >= 4 is 5.97 Å². The molecule has 0 unspecified atom stereocenters. The first-order chi connectivity index (χ1) is 5.52. The van der Waals surface area contributed by atoms with Crippen molar-refractivity contribution in [2.24, 2.45) is 7.05 Å². The third kappa shape index (κ3) is 1.47. The normalized spacial score (nSPS) is 10.2. The zero-order chi connectivity index (χ0) is 9.30. The Morgan fingerprint density at radius 2 is 2.17 bits per heavy atom. The molecule has 0 aliphatic rings. The fourth-order valence-electron chi connectivity index (χ4n) is 1.08. The Morgan fingerprint density at radius 3 is 2.50 bits per heavy atom. The van der Waals surface area contributed by atoms with Crippen molar-refractivity contribution in [3.63, 3.8) is 0 Å². The molecule has 0 radical (unpaired) electrons. The first-order valence-electron chi connectivity index (χ1n) is 3.73. The van der Waals surface area contributed by atoms with Crippen LogP contribution in [0.4, 0.5) is 0 Å². The number of nitrogens with zero attached hydrogens (tertiary/aromatic N) is 2. The van der Waals surface area contributed by atoms with Gasteiger partial charge in [0, 0.05) is 12.7 Å². The number of carboxylic acid groups (broad SMARTS) is 1. The predicted octanol–water partition coefficient (Wildman–Crippen LogP) is 0.664. The van der Waals surface area contributed by atoms with Crippen LogP contribution in [0.25, 0.3) is 0 Å². The molecule has 0 aliphatic carbocycles. The van der Waals surface area contributed by atoms with Gasteiger partial charge in [-0.05, 0) is 13.8 Å². The van der Waals surface area contributed by atoms with E-state index in [-0.39, 0.29) is 6.42 Å². The van der Waals surface area contributed by atoms with Crippen LogP contribution in [0.2, 0.25) is 0 Å². The lowest BCUT2D eigenvalue weighted by atomic mass is 10.4. The Kier molecular flexibility index (Phi) is 2.17. The molecule has 1 heterocycles. The molecule has 1 rings (SSSR count). The first-order valence-corrected chi connectivity index (χ1v) is 3.73. The molecule has 0 aromatic carbocycles. The van der Waals surface area contributed by atoms with Crippen molar-refractivity contribution in [1.82, 2.24) is 9.55 Å². The van der Waals surface area contributed by atoms with Gasteiger partial charge < -0.3 is 9.67 Å². The van der Waals surface area contributed by atoms with Crippen molar-refractivity contribution in [3.05, 3.63) is 17.2 Å². The van der Waals surface area contributed by atoms with Crippen LogP contribution in [0, 0.1) is 13.8 Å². The minimum absolute atomic E-state index is 0.00875. The summed E-state index contributed by atoms with van der Waals surface area (Å²) < 4.78 is 1.81. The Bertz CT molecular complexity index is 315. The largest absolute Gasteiger partial charge is 0.481 e. The van der Waals surface area contributed by atoms with E-state index in [1.807, 2.05) is 25.5 Å². The Hall–Kier alpha value is -1.32. The molecule has 12 heavy (non-hydrogen) atoms. The lowest BCUT2D eigenvalue weighted by molar-refractivity contribution is -0.136. The van der Waals surface area contributed by atoms with Crippen molar-refractivity contribution in [1.29, 1.82) is 0 Å². The number of hydrogen-bond acceptors (Lipinski definition) is 2. The standard InChI is InChI=1S/C8H12N2O2/c1-5-6(2)10(3)7(9-5)4-8(11)12/h4H2,1-3H3,(H,11,12). The molecule has 4 nitrogen and oxygen atoms in total. The lowest BCUT2D eigenvalue weighted by Crippen LogP contribution is -2.06. The maximum Gasteiger partial charge on any atom is 0.311 e. The number of aliphatic carboxylic acids is 1. The van der Waals surface area contributed by atoms with Gasteiger partial charge in [-0.2, -0.15) is 0 Å². The van der Waals surface area contributed by atoms with Crippen LogP contribution in [0.15, 0.2) is 0 Å². The van der Waals surface area contributed by atoms with Crippen molar-refractivity contribution in [2.75, 3.05) is 0 Å². The molecule has 4 heteroatoms. The summed E-state index contributed by atoms with van der Waals surface area (Å²) in [7, 11) is 1.83. The van der Waals surface area contributed by atoms with Crippen LogP contribution in [0.5, 0.6) is 0 Å². The molecule has 66 valence electrons. The summed E-state index contributed by atoms with van der Waals surface area (Å²) in [6, 6.07) is 0. The number of aryl methyl sites for hydroxylation is 1. The minimum Gasteiger partial charge on any atom is -0.481 e. The smallest absolute Gasteiger partial charge is 0.311 e. The second-order valence-electron chi connectivity index (χ2n) is 2.83. The molecule has 0 amide bonds. The summed E-state index contributed by atoms with van der Waals surface area (Å²) in [5.74, 6) is -0.236. The molecule has 0 spiro atoms. The molecule has 0 saturated carbocycles. The molecule has 1 aromatic heterocycles. The van der Waals surface area contributed by atoms with E-state index >= 15 is 0 Å². The van der Waals surface area contributed by atoms with E-state index in [9.17, 15) is 4.79 Å². The summed E-state index contributed by atoms with van der Waals surface area (Å²) >= 11 is 0. The van der Waals surface area contributed by atoms with E-state index in [4.69, 9.17) is 5.11 Å². The summed E-state index contributed by atoms with van der Waals surface area (Å²) in [5, 5.41) is 8.54. The van der Waals surface area contributed by atoms with Crippen LogP contribution < -0.4 is 0 Å². The van der Waals surface area contributed by atoms with E-state index in [0.29, 0.717) is 5.82 Å². The quantitative estimate of drug-likeness (QED) is 0.705. The SMILES string of the molecule is Cc1nc(CC(=O)O)n(C)c1C. The summed E-state index contributed by atoms with van der Waals surface area (Å²) in [4.78, 5) is 14.5. The Labute approximate surface area is 70.9 Å². The summed E-state index contributed by atoms with van der Waals surface area (Å²) in [6.45, 7) is 3.80. The number of carbonyl (C=O) groups is 1. The van der Waals surface area contributed by atoms with Gasteiger partial charge in [0.05, 0.1) is 5.69 Å². The fraction of sp³-hybridized carbons (Fsp3) is 0.500. The zero-order valence-electron chi connectivity index (χ0n) is 7.46. The average Bonchev–Trinajstić information content (AvgIpc) is 2.17. The fourth-order valence-corrected chi connectivity index (χ4v) is 1.08. The second kappa shape index (κ2) is 2.97. The minimum atomic E-state index is -0.844. The number of hydrogen-bond donors (Lipinski definition) is 1. The van der Waals surface area contributed by atoms with Crippen LogP contribution >= 0.6 is 0 Å². The van der Waals surface area contributed by atoms with Crippen molar-refractivity contribution < 1.29 is 9.90 Å². The van der Waals surface area contributed by atoms with Gasteiger partial charge in [0.2, 0.25) is 0 Å². The molecule has 0 saturated heterocycles. The zero-order valence-corrected chi connectivity index (χ0v) is 7.46. The third-order valence-corrected chi connectivity index (χ3v) is 2.02. The van der Waals surface area contributed by atoms with E-state index in [2.05, 4.69) is 4.98 Å². The molecule has 0 aliphatic heterocycles. The van der Waals surface area contributed by atoms with Crippen LogP contribution in [0.1, 0.15) is 17.2 Å². The van der Waals surface area contributed by atoms with Gasteiger partial charge in [0.25, 0.3) is 0 Å². The topological polar surface area (TPSA) is 55.1 Å². The van der Waals surface area contributed by atoms with Crippen LogP contribution in [-0.2, 0) is 18.3 Å². The van der Waals surface area contributed by atoms with Gasteiger partial charge in [0.1, 0.15) is 12.2 Å².